The Kier molecular flexibility index (Phi) is 7.19. The molecule has 0 aliphatic rings. The lowest BCUT2D eigenvalue weighted by atomic mass is 10.1. The molecule has 3 N–H and O–H groups in total. The molecule has 7 heteroatoms. The van der Waals surface area contributed by atoms with E-state index in [-0.39, 0.29) is 11.7 Å². The van der Waals surface area contributed by atoms with Gasteiger partial charge in [-0.2, -0.15) is 5.10 Å². The highest BCUT2D eigenvalue weighted by Gasteiger charge is 2.11. The van der Waals surface area contributed by atoms with Gasteiger partial charge in [0, 0.05) is 16.8 Å². The molecule has 0 aliphatic heterocycles. The minimum atomic E-state index is -0.466. The maximum Gasteiger partial charge on any atom is 0.271 e. The lowest BCUT2D eigenvalue weighted by Crippen LogP contribution is -2.18. The van der Waals surface area contributed by atoms with Crippen molar-refractivity contribution in [2.24, 2.45) is 5.10 Å². The first kappa shape index (κ1) is 21.8. The second-order valence-electron chi connectivity index (χ2n) is 6.56. The van der Waals surface area contributed by atoms with Gasteiger partial charge in [-0.3, -0.25) is 9.59 Å². The zero-order valence-electron chi connectivity index (χ0n) is 16.5. The largest absolute Gasteiger partial charge is 0.507 e. The minimum Gasteiger partial charge on any atom is -0.507 e. The van der Waals surface area contributed by atoms with E-state index in [1.807, 2.05) is 0 Å². The molecule has 0 saturated heterocycles. The van der Waals surface area contributed by atoms with Crippen LogP contribution in [0.4, 0.5) is 5.69 Å². The first-order valence-electron chi connectivity index (χ1n) is 9.40. The van der Waals surface area contributed by atoms with Crippen molar-refractivity contribution in [1.82, 2.24) is 5.43 Å². The smallest absolute Gasteiger partial charge is 0.271 e. The molecule has 0 spiro atoms. The van der Waals surface area contributed by atoms with Crippen LogP contribution in [0.2, 0.25) is 5.02 Å². The van der Waals surface area contributed by atoms with Crippen molar-refractivity contribution in [2.75, 3.05) is 5.32 Å². The van der Waals surface area contributed by atoms with Gasteiger partial charge in [0.25, 0.3) is 11.8 Å². The van der Waals surface area contributed by atoms with Crippen molar-refractivity contribution < 1.29 is 14.7 Å². The molecule has 2 amide bonds. The molecule has 3 aromatic carbocycles. The first-order valence-corrected chi connectivity index (χ1v) is 9.78. The number of phenolic OH excluding ortho intramolecular Hbond substituents is 1. The Morgan fingerprint density at radius 1 is 1.03 bits per heavy atom. The predicted octanol–water partition coefficient (Wildman–Crippen LogP) is 4.79. The number of anilines is 1. The molecule has 6 nitrogen and oxygen atoms in total. The number of nitrogens with one attached hydrogen (secondary N) is 2. The molecule has 156 valence electrons. The molecule has 0 bridgehead atoms. The van der Waals surface area contributed by atoms with Gasteiger partial charge in [0.1, 0.15) is 5.75 Å². The number of halogens is 1. The molecule has 0 unspecified atom stereocenters. The fraction of sp³-hybridized carbons (Fsp3) is 0.0417. The van der Waals surface area contributed by atoms with Gasteiger partial charge in [-0.05, 0) is 48.4 Å². The zero-order chi connectivity index (χ0) is 22.2. The molecule has 0 heterocycles. The highest BCUT2D eigenvalue weighted by molar-refractivity contribution is 6.34. The summed E-state index contributed by atoms with van der Waals surface area (Å²) in [6.07, 6.45) is 3.57. The SMILES string of the molecule is C=CCc1cccc(/C=N\NC(=O)c2cccc(NC(=O)c3ccccc3Cl)c2)c1O. The Balaban J connectivity index is 1.67. The van der Waals surface area contributed by atoms with Crippen LogP contribution >= 0.6 is 11.6 Å². The lowest BCUT2D eigenvalue weighted by molar-refractivity contribution is 0.0953. The van der Waals surface area contributed by atoms with E-state index in [1.165, 1.54) is 12.3 Å². The topological polar surface area (TPSA) is 90.8 Å². The van der Waals surface area contributed by atoms with Crippen LogP contribution in [0.5, 0.6) is 5.75 Å². The Morgan fingerprint density at radius 3 is 2.58 bits per heavy atom. The van der Waals surface area contributed by atoms with Crippen LogP contribution < -0.4 is 10.7 Å². The molecule has 0 aliphatic carbocycles. The number of nitrogens with zero attached hydrogens (tertiary/aromatic N) is 1. The average Bonchev–Trinajstić information content (AvgIpc) is 2.76. The van der Waals surface area contributed by atoms with E-state index in [0.29, 0.717) is 39.4 Å². The fourth-order valence-corrected chi connectivity index (χ4v) is 3.06. The van der Waals surface area contributed by atoms with Crippen molar-refractivity contribution in [3.8, 4) is 5.75 Å². The highest BCUT2D eigenvalue weighted by atomic mass is 35.5. The minimum absolute atomic E-state index is 0.0877. The third kappa shape index (κ3) is 5.58. The van der Waals surface area contributed by atoms with Crippen molar-refractivity contribution in [1.29, 1.82) is 0 Å². The van der Waals surface area contributed by atoms with Crippen molar-refractivity contribution in [3.05, 3.63) is 107 Å². The number of allylic oxidation sites excluding steroid dienone is 1. The standard InChI is InChI=1S/C24H20ClN3O3/c1-2-7-16-8-5-10-18(22(16)29)15-26-28-23(30)17-9-6-11-19(14-17)27-24(31)20-12-3-4-13-21(20)25/h2-6,8-15,29H,1,7H2,(H,27,31)(H,28,30)/b26-15-. The van der Waals surface area contributed by atoms with E-state index >= 15 is 0 Å². The Hall–Kier alpha value is -3.90. The quantitative estimate of drug-likeness (QED) is 0.284. The number of carbonyl (C=O) groups excluding carboxylic acids is 2. The molecule has 0 saturated carbocycles. The van der Waals surface area contributed by atoms with Gasteiger partial charge in [0.05, 0.1) is 16.8 Å². The number of hydrogen-bond acceptors (Lipinski definition) is 4. The molecule has 0 radical (unpaired) electrons. The van der Waals surface area contributed by atoms with Gasteiger partial charge in [0.2, 0.25) is 0 Å². The normalized spacial score (nSPS) is 10.6. The second kappa shape index (κ2) is 10.2. The van der Waals surface area contributed by atoms with Crippen LogP contribution in [-0.4, -0.2) is 23.1 Å². The second-order valence-corrected chi connectivity index (χ2v) is 6.97. The number of rotatable bonds is 7. The summed E-state index contributed by atoms with van der Waals surface area (Å²) in [4.78, 5) is 24.8. The summed E-state index contributed by atoms with van der Waals surface area (Å²) < 4.78 is 0. The van der Waals surface area contributed by atoms with E-state index in [1.54, 1.807) is 66.7 Å². The number of carbonyl (C=O) groups is 2. The predicted molar refractivity (Wildman–Crippen MR) is 123 cm³/mol. The van der Waals surface area contributed by atoms with Crippen LogP contribution in [0.25, 0.3) is 0 Å². The van der Waals surface area contributed by atoms with Gasteiger partial charge in [-0.15, -0.1) is 6.58 Å². The van der Waals surface area contributed by atoms with E-state index < -0.39 is 5.91 Å². The summed E-state index contributed by atoms with van der Waals surface area (Å²) in [7, 11) is 0. The van der Waals surface area contributed by atoms with E-state index in [2.05, 4.69) is 22.4 Å². The van der Waals surface area contributed by atoms with Crippen LogP contribution in [0.1, 0.15) is 31.8 Å². The Bertz CT molecular complexity index is 1160. The molecule has 0 fully saturated rings. The van der Waals surface area contributed by atoms with Crippen molar-refractivity contribution in [3.63, 3.8) is 0 Å². The van der Waals surface area contributed by atoms with E-state index in [9.17, 15) is 14.7 Å². The lowest BCUT2D eigenvalue weighted by Gasteiger charge is -2.08. The number of benzene rings is 3. The molecule has 0 atom stereocenters. The van der Waals surface area contributed by atoms with E-state index in [4.69, 9.17) is 11.6 Å². The molecular weight excluding hydrogens is 414 g/mol. The van der Waals surface area contributed by atoms with Crippen LogP contribution in [0.3, 0.4) is 0 Å². The monoisotopic (exact) mass is 433 g/mol. The molecular formula is C24H20ClN3O3. The molecule has 3 aromatic rings. The Morgan fingerprint density at radius 2 is 1.81 bits per heavy atom. The van der Waals surface area contributed by atoms with Gasteiger partial charge < -0.3 is 10.4 Å². The summed E-state index contributed by atoms with van der Waals surface area (Å²) in [5.74, 6) is -0.757. The van der Waals surface area contributed by atoms with Gasteiger partial charge in [-0.1, -0.05) is 48.0 Å². The summed E-state index contributed by atoms with van der Waals surface area (Å²) in [6, 6.07) is 18.4. The highest BCUT2D eigenvalue weighted by Crippen LogP contribution is 2.22. The molecule has 31 heavy (non-hydrogen) atoms. The number of amides is 2. The summed E-state index contributed by atoms with van der Waals surface area (Å²) in [5.41, 5.74) is 4.68. The third-order valence-corrected chi connectivity index (χ3v) is 4.72. The molecule has 0 aromatic heterocycles. The van der Waals surface area contributed by atoms with Crippen LogP contribution in [0, 0.1) is 0 Å². The van der Waals surface area contributed by atoms with Crippen molar-refractivity contribution >= 4 is 35.3 Å². The fourth-order valence-electron chi connectivity index (χ4n) is 2.84. The van der Waals surface area contributed by atoms with Crippen LogP contribution in [0.15, 0.2) is 84.5 Å². The summed E-state index contributed by atoms with van der Waals surface area (Å²) >= 11 is 6.05. The number of aromatic hydroxyl groups is 1. The molecule has 3 rings (SSSR count). The maximum atomic E-state index is 12.4. The Labute approximate surface area is 184 Å². The van der Waals surface area contributed by atoms with Gasteiger partial charge in [-0.25, -0.2) is 5.43 Å². The number of hydrazone groups is 1. The third-order valence-electron chi connectivity index (χ3n) is 4.39. The average molecular weight is 434 g/mol. The van der Waals surface area contributed by atoms with E-state index in [0.717, 1.165) is 0 Å². The summed E-state index contributed by atoms with van der Waals surface area (Å²) in [5, 5.41) is 17.2. The number of phenols is 1. The van der Waals surface area contributed by atoms with Gasteiger partial charge in [0.15, 0.2) is 0 Å². The zero-order valence-corrected chi connectivity index (χ0v) is 17.3. The first-order chi connectivity index (χ1) is 15.0. The number of hydrogen-bond donors (Lipinski definition) is 3. The van der Waals surface area contributed by atoms with Gasteiger partial charge >= 0.3 is 0 Å². The maximum absolute atomic E-state index is 12.4. The summed E-state index contributed by atoms with van der Waals surface area (Å²) in [6.45, 7) is 3.66. The number of para-hydroxylation sites is 1. The van der Waals surface area contributed by atoms with Crippen molar-refractivity contribution in [2.45, 2.75) is 6.42 Å². The van der Waals surface area contributed by atoms with Crippen LogP contribution in [-0.2, 0) is 6.42 Å².